The fourth-order valence-electron chi connectivity index (χ4n) is 4.86. The SMILES string of the molecule is [NH2+]=c1ccc2c(-c3ccc(C(=O)O)cc3C(=O)O)c3cc4c(c(S(=O)(=O)O)c3oc-2c1S(=O)(=O)O)NCCC4. The molecule has 2 aromatic rings. The van der Waals surface area contributed by atoms with Crippen LogP contribution < -0.4 is 16.1 Å². The third kappa shape index (κ3) is 4.30. The Morgan fingerprint density at radius 3 is 2.18 bits per heavy atom. The minimum Gasteiger partial charge on any atom is -0.478 e. The lowest BCUT2D eigenvalue weighted by Gasteiger charge is -2.24. The number of anilines is 1. The Balaban J connectivity index is 2.12. The maximum Gasteiger partial charge on any atom is 0.336 e. The van der Waals surface area contributed by atoms with Gasteiger partial charge in [0.1, 0.15) is 0 Å². The lowest BCUT2D eigenvalue weighted by atomic mass is 9.88. The van der Waals surface area contributed by atoms with E-state index in [4.69, 9.17) is 9.83 Å². The van der Waals surface area contributed by atoms with Crippen LogP contribution in [0.3, 0.4) is 0 Å². The van der Waals surface area contributed by atoms with Gasteiger partial charge in [0.05, 0.1) is 16.8 Å². The third-order valence-electron chi connectivity index (χ3n) is 6.41. The van der Waals surface area contributed by atoms with Gasteiger partial charge in [-0.05, 0) is 48.2 Å². The van der Waals surface area contributed by atoms with E-state index in [2.05, 4.69) is 5.32 Å². The van der Waals surface area contributed by atoms with E-state index in [0.717, 1.165) is 18.2 Å². The van der Waals surface area contributed by atoms with E-state index >= 15 is 0 Å². The minimum atomic E-state index is -5.08. The van der Waals surface area contributed by atoms with E-state index in [9.17, 15) is 45.7 Å². The molecule has 0 spiro atoms. The summed E-state index contributed by atoms with van der Waals surface area (Å²) in [7, 11) is -10.1. The molecule has 202 valence electrons. The predicted octanol–water partition coefficient (Wildman–Crippen LogP) is 1.11. The number of carbonyl (C=O) groups is 2. The molecule has 7 N–H and O–H groups in total. The minimum absolute atomic E-state index is 0.0160. The van der Waals surface area contributed by atoms with Gasteiger partial charge in [-0.1, -0.05) is 6.07 Å². The lowest BCUT2D eigenvalue weighted by molar-refractivity contribution is -0.176. The monoisotopic (exact) mass is 575 g/mol. The molecule has 2 aliphatic heterocycles. The second-order valence-electron chi connectivity index (χ2n) is 8.81. The zero-order chi connectivity index (χ0) is 28.4. The molecule has 13 nitrogen and oxygen atoms in total. The number of hydrogen-bond donors (Lipinski definition) is 6. The molecule has 15 heteroatoms. The van der Waals surface area contributed by atoms with Crippen molar-refractivity contribution < 1.29 is 55.6 Å². The van der Waals surface area contributed by atoms with Gasteiger partial charge in [0.25, 0.3) is 10.1 Å². The van der Waals surface area contributed by atoms with Crippen LogP contribution in [0.1, 0.15) is 32.7 Å². The molecule has 0 atom stereocenters. The Hall–Kier alpha value is -4.31. The number of nitrogens with one attached hydrogen (secondary N) is 1. The average Bonchev–Trinajstić information content (AvgIpc) is 2.83. The summed E-state index contributed by atoms with van der Waals surface area (Å²) in [6.07, 6.45) is 0.973. The lowest BCUT2D eigenvalue weighted by Crippen LogP contribution is -2.47. The standard InChI is InChI=1S/C24H18N2O11S2/c25-16-6-5-13-17(12-4-3-11(23(27)28)9-14(12)24(29)30)15-8-10-2-1-7-26-18(10)22(39(34,35)36)20(15)37-19(13)21(16)38(31,32)33/h3-6,8-9,25-26H,1-2,7H2,(H,27,28)(H,29,30)(H,31,32,33)(H,34,35,36)/p+1. The molecule has 2 heterocycles. The first-order chi connectivity index (χ1) is 18.2. The summed E-state index contributed by atoms with van der Waals surface area (Å²) < 4.78 is 75.9. The van der Waals surface area contributed by atoms with Crippen molar-refractivity contribution >= 4 is 48.8 Å². The van der Waals surface area contributed by atoms with Gasteiger partial charge in [-0.2, -0.15) is 16.8 Å². The molecule has 1 aliphatic carbocycles. The Bertz CT molecular complexity index is 1990. The molecular formula is C24H19N2O11S2+. The van der Waals surface area contributed by atoms with Crippen molar-refractivity contribution in [1.82, 2.24) is 0 Å². The van der Waals surface area contributed by atoms with E-state index in [1.54, 1.807) is 0 Å². The van der Waals surface area contributed by atoms with Gasteiger partial charge in [-0.3, -0.25) is 14.5 Å². The highest BCUT2D eigenvalue weighted by Gasteiger charge is 2.34. The zero-order valence-corrected chi connectivity index (χ0v) is 21.3. The highest BCUT2D eigenvalue weighted by molar-refractivity contribution is 7.86. The summed E-state index contributed by atoms with van der Waals surface area (Å²) in [5.41, 5.74) is -1.18. The quantitative estimate of drug-likeness (QED) is 0.145. The maximum atomic E-state index is 12.7. The smallest absolute Gasteiger partial charge is 0.336 e. The average molecular weight is 576 g/mol. The van der Waals surface area contributed by atoms with E-state index in [1.807, 2.05) is 0 Å². The van der Waals surface area contributed by atoms with Gasteiger partial charge in [-0.15, -0.1) is 0 Å². The van der Waals surface area contributed by atoms with Crippen LogP contribution in [0.5, 0.6) is 0 Å². The molecule has 0 saturated carbocycles. The largest absolute Gasteiger partial charge is 0.478 e. The molecule has 2 aromatic carbocycles. The second-order valence-corrected chi connectivity index (χ2v) is 11.5. The van der Waals surface area contributed by atoms with Crippen molar-refractivity contribution in [2.75, 3.05) is 11.9 Å². The number of carboxylic acids is 2. The van der Waals surface area contributed by atoms with E-state index < -0.39 is 64.2 Å². The molecule has 0 saturated heterocycles. The molecular weight excluding hydrogens is 556 g/mol. The first-order valence-corrected chi connectivity index (χ1v) is 14.1. The van der Waals surface area contributed by atoms with Gasteiger partial charge in [0, 0.05) is 29.1 Å². The molecule has 0 aromatic heterocycles. The number of nitrogens with two attached hydrogens (primary N) is 1. The van der Waals surface area contributed by atoms with Gasteiger partial charge in [-0.25, -0.2) is 9.59 Å². The van der Waals surface area contributed by atoms with Gasteiger partial charge in [0.2, 0.25) is 10.3 Å². The summed E-state index contributed by atoms with van der Waals surface area (Å²) in [6, 6.07) is 7.13. The first-order valence-electron chi connectivity index (χ1n) is 11.2. The molecule has 0 bridgehead atoms. The zero-order valence-electron chi connectivity index (χ0n) is 19.6. The topological polar surface area (TPSA) is 234 Å². The number of benzene rings is 3. The Labute approximate surface area is 219 Å². The van der Waals surface area contributed by atoms with Crippen molar-refractivity contribution in [1.29, 1.82) is 0 Å². The summed E-state index contributed by atoms with van der Waals surface area (Å²) in [6.45, 7) is 0.352. The summed E-state index contributed by atoms with van der Waals surface area (Å²) >= 11 is 0. The van der Waals surface area contributed by atoms with E-state index in [0.29, 0.717) is 24.9 Å². The third-order valence-corrected chi connectivity index (χ3v) is 8.25. The predicted molar refractivity (Wildman–Crippen MR) is 134 cm³/mol. The van der Waals surface area contributed by atoms with Crippen LogP contribution in [-0.2, 0) is 26.7 Å². The molecule has 5 rings (SSSR count). The normalized spacial score (nSPS) is 13.7. The number of carboxylic acid groups (broad SMARTS) is 2. The van der Waals surface area contributed by atoms with Crippen LogP contribution >= 0.6 is 0 Å². The van der Waals surface area contributed by atoms with Crippen molar-refractivity contribution in [3.05, 3.63) is 58.4 Å². The summed E-state index contributed by atoms with van der Waals surface area (Å²) in [5.74, 6) is -3.55. The van der Waals surface area contributed by atoms with E-state index in [1.165, 1.54) is 18.2 Å². The molecule has 0 amide bonds. The van der Waals surface area contributed by atoms with Crippen LogP contribution in [-0.4, -0.2) is 54.6 Å². The number of rotatable bonds is 5. The molecule has 0 fully saturated rings. The van der Waals surface area contributed by atoms with Crippen LogP contribution in [0.2, 0.25) is 0 Å². The molecule has 0 unspecified atom stereocenters. The summed E-state index contributed by atoms with van der Waals surface area (Å²) in [5, 5.41) is 27.6. The maximum absolute atomic E-state index is 12.7. The Kier molecular flexibility index (Phi) is 5.99. The van der Waals surface area contributed by atoms with Crippen LogP contribution in [0.25, 0.3) is 33.4 Å². The van der Waals surface area contributed by atoms with Crippen molar-refractivity contribution in [2.45, 2.75) is 22.6 Å². The fourth-order valence-corrected chi connectivity index (χ4v) is 6.46. The molecule has 39 heavy (non-hydrogen) atoms. The summed E-state index contributed by atoms with van der Waals surface area (Å²) in [4.78, 5) is 22.2. The first kappa shape index (κ1) is 26.3. The van der Waals surface area contributed by atoms with Crippen LogP contribution in [0.4, 0.5) is 5.69 Å². The Morgan fingerprint density at radius 2 is 1.56 bits per heavy atom. The van der Waals surface area contributed by atoms with Crippen molar-refractivity contribution in [3.63, 3.8) is 0 Å². The Morgan fingerprint density at radius 1 is 0.897 bits per heavy atom. The molecule has 3 aliphatic rings. The van der Waals surface area contributed by atoms with Gasteiger partial charge < -0.3 is 19.9 Å². The number of aromatic carboxylic acids is 2. The van der Waals surface area contributed by atoms with Gasteiger partial charge in [0.15, 0.2) is 16.2 Å². The number of aryl methyl sites for hydroxylation is 1. The highest BCUT2D eigenvalue weighted by atomic mass is 32.2. The van der Waals surface area contributed by atoms with E-state index in [-0.39, 0.29) is 33.3 Å². The molecule has 0 radical (unpaired) electrons. The van der Waals surface area contributed by atoms with Crippen molar-refractivity contribution in [3.8, 4) is 22.5 Å². The van der Waals surface area contributed by atoms with Crippen molar-refractivity contribution in [2.24, 2.45) is 0 Å². The van der Waals surface area contributed by atoms with Gasteiger partial charge >= 0.3 is 22.1 Å². The number of fused-ring (bicyclic) bond motifs is 3. The number of hydrogen-bond acceptors (Lipinski definition) is 8. The van der Waals surface area contributed by atoms with Crippen LogP contribution in [0.15, 0.2) is 50.6 Å². The second kappa shape index (κ2) is 8.88. The fraction of sp³-hybridized carbons (Fsp3) is 0.125. The van der Waals surface area contributed by atoms with Crippen LogP contribution in [0, 0.1) is 0 Å². The highest BCUT2D eigenvalue weighted by Crippen LogP contribution is 2.47.